The van der Waals surface area contributed by atoms with Crippen molar-refractivity contribution < 1.29 is 29.4 Å². The lowest BCUT2D eigenvalue weighted by molar-refractivity contribution is -0.385. The van der Waals surface area contributed by atoms with Crippen molar-refractivity contribution in [2.75, 3.05) is 13.2 Å². The summed E-state index contributed by atoms with van der Waals surface area (Å²) in [5, 5.41) is 33.3. The highest BCUT2D eigenvalue weighted by Gasteiger charge is 2.19. The smallest absolute Gasteiger partial charge is 0.424 e. The molecule has 0 spiro atoms. The standard InChI is InChI=1S/C14H13N5O7/c15-17-16-5-6-25-10-1-2-11(19(23)24)9(7-10)8-26-14(22)18-12(20)3-4-13(18)21/h1-4,7,20-21H,5-6,8H2. The van der Waals surface area contributed by atoms with Crippen LogP contribution in [0, 0.1) is 10.1 Å². The van der Waals surface area contributed by atoms with Gasteiger partial charge in [0.25, 0.3) is 5.69 Å². The fourth-order valence-corrected chi connectivity index (χ4v) is 2.00. The lowest BCUT2D eigenvalue weighted by atomic mass is 10.2. The van der Waals surface area contributed by atoms with Crippen LogP contribution in [0.15, 0.2) is 35.4 Å². The molecule has 12 nitrogen and oxygen atoms in total. The van der Waals surface area contributed by atoms with E-state index in [1.807, 2.05) is 0 Å². The van der Waals surface area contributed by atoms with Crippen LogP contribution in [0.4, 0.5) is 10.5 Å². The summed E-state index contributed by atoms with van der Waals surface area (Å²) in [5.74, 6) is -0.837. The Labute approximate surface area is 145 Å². The lowest BCUT2D eigenvalue weighted by Gasteiger charge is -2.10. The van der Waals surface area contributed by atoms with Crippen LogP contribution in [0.3, 0.4) is 0 Å². The lowest BCUT2D eigenvalue weighted by Crippen LogP contribution is -2.13. The fourth-order valence-electron chi connectivity index (χ4n) is 2.00. The van der Waals surface area contributed by atoms with Crippen LogP contribution in [0.2, 0.25) is 0 Å². The zero-order valence-electron chi connectivity index (χ0n) is 13.2. The van der Waals surface area contributed by atoms with Crippen LogP contribution >= 0.6 is 0 Å². The first-order valence-corrected chi connectivity index (χ1v) is 7.12. The molecule has 0 aliphatic heterocycles. The summed E-state index contributed by atoms with van der Waals surface area (Å²) in [6.45, 7) is -0.365. The van der Waals surface area contributed by atoms with E-state index in [0.717, 1.165) is 12.1 Å². The predicted molar refractivity (Wildman–Crippen MR) is 85.9 cm³/mol. The second kappa shape index (κ2) is 8.26. The molecule has 0 aliphatic rings. The number of ether oxygens (including phenoxy) is 2. The van der Waals surface area contributed by atoms with E-state index in [1.54, 1.807) is 0 Å². The van der Waals surface area contributed by atoms with Crippen molar-refractivity contribution in [2.24, 2.45) is 5.11 Å². The van der Waals surface area contributed by atoms with Crippen molar-refractivity contribution >= 4 is 11.8 Å². The summed E-state index contributed by atoms with van der Waals surface area (Å²) < 4.78 is 10.7. The number of aromatic hydroxyl groups is 2. The molecule has 12 heteroatoms. The molecule has 0 amide bonds. The molecular weight excluding hydrogens is 350 g/mol. The first-order valence-electron chi connectivity index (χ1n) is 7.12. The van der Waals surface area contributed by atoms with Crippen LogP contribution in [-0.2, 0) is 11.3 Å². The third-order valence-corrected chi connectivity index (χ3v) is 3.14. The van der Waals surface area contributed by atoms with Crippen LogP contribution in [0.1, 0.15) is 5.56 Å². The van der Waals surface area contributed by atoms with Gasteiger partial charge in [0.2, 0.25) is 11.8 Å². The van der Waals surface area contributed by atoms with Crippen LogP contribution in [0.5, 0.6) is 17.5 Å². The van der Waals surface area contributed by atoms with Crippen molar-refractivity contribution in [3.8, 4) is 17.5 Å². The molecule has 0 bridgehead atoms. The van der Waals surface area contributed by atoms with E-state index >= 15 is 0 Å². The molecule has 1 heterocycles. The molecule has 0 unspecified atom stereocenters. The molecule has 1 aromatic heterocycles. The maximum absolute atomic E-state index is 11.9. The second-order valence-electron chi connectivity index (χ2n) is 4.79. The van der Waals surface area contributed by atoms with E-state index < -0.39 is 29.4 Å². The first kappa shape index (κ1) is 18.4. The third kappa shape index (κ3) is 4.33. The number of rotatable bonds is 7. The van der Waals surface area contributed by atoms with Gasteiger partial charge in [0.05, 0.1) is 23.6 Å². The largest absolute Gasteiger partial charge is 0.494 e. The van der Waals surface area contributed by atoms with Gasteiger partial charge >= 0.3 is 6.09 Å². The molecule has 0 fully saturated rings. The summed E-state index contributed by atoms with van der Waals surface area (Å²) in [5.41, 5.74) is 7.92. The number of carbonyl (C=O) groups excluding carboxylic acids is 1. The summed E-state index contributed by atoms with van der Waals surface area (Å²) in [7, 11) is 0. The molecule has 0 aliphatic carbocycles. The van der Waals surface area contributed by atoms with Gasteiger partial charge in [0.1, 0.15) is 12.4 Å². The fraction of sp³-hybridized carbons (Fsp3) is 0.214. The molecule has 26 heavy (non-hydrogen) atoms. The molecule has 2 aromatic rings. The van der Waals surface area contributed by atoms with Crippen LogP contribution in [-0.4, -0.2) is 38.9 Å². The number of carbonyl (C=O) groups is 1. The molecule has 0 atom stereocenters. The van der Waals surface area contributed by atoms with E-state index in [2.05, 4.69) is 10.0 Å². The molecular formula is C14H13N5O7. The average Bonchev–Trinajstić information content (AvgIpc) is 2.95. The minimum atomic E-state index is -1.12. The highest BCUT2D eigenvalue weighted by atomic mass is 16.6. The molecule has 0 radical (unpaired) electrons. The number of hydrogen-bond acceptors (Lipinski definition) is 8. The van der Waals surface area contributed by atoms with E-state index in [1.165, 1.54) is 18.2 Å². The van der Waals surface area contributed by atoms with Crippen molar-refractivity contribution in [2.45, 2.75) is 6.61 Å². The van der Waals surface area contributed by atoms with Gasteiger partial charge in [-0.15, -0.1) is 0 Å². The van der Waals surface area contributed by atoms with E-state index in [4.69, 9.17) is 15.0 Å². The molecule has 0 saturated heterocycles. The molecule has 2 N–H and O–H groups in total. The Balaban J connectivity index is 2.13. The number of nitro benzene ring substituents is 1. The van der Waals surface area contributed by atoms with E-state index in [0.29, 0.717) is 4.57 Å². The van der Waals surface area contributed by atoms with Crippen molar-refractivity contribution in [3.63, 3.8) is 0 Å². The number of nitrogens with zero attached hydrogens (tertiary/aromatic N) is 5. The zero-order valence-corrected chi connectivity index (χ0v) is 13.2. The number of hydrogen-bond donors (Lipinski definition) is 2. The normalized spacial score (nSPS) is 10.0. The Hall–Kier alpha value is -3.92. The Bertz CT molecular complexity index is 853. The van der Waals surface area contributed by atoms with Gasteiger partial charge in [-0.1, -0.05) is 5.11 Å². The van der Waals surface area contributed by atoms with Gasteiger partial charge < -0.3 is 19.7 Å². The van der Waals surface area contributed by atoms with E-state index in [9.17, 15) is 25.1 Å². The topological polar surface area (TPSA) is 173 Å². The molecule has 0 saturated carbocycles. The van der Waals surface area contributed by atoms with Gasteiger partial charge in [-0.25, -0.2) is 4.79 Å². The molecule has 2 rings (SSSR count). The maximum Gasteiger partial charge on any atom is 0.424 e. The second-order valence-corrected chi connectivity index (χ2v) is 4.79. The SMILES string of the molecule is [N-]=[N+]=NCCOc1ccc([N+](=O)[O-])c(COC(=O)n2c(O)ccc2O)c1. The van der Waals surface area contributed by atoms with Gasteiger partial charge in [0.15, 0.2) is 0 Å². The number of aromatic nitrogens is 1. The van der Waals surface area contributed by atoms with E-state index in [-0.39, 0.29) is 30.2 Å². The minimum absolute atomic E-state index is 0.0378. The van der Waals surface area contributed by atoms with Gasteiger partial charge in [-0.3, -0.25) is 10.1 Å². The Morgan fingerprint density at radius 1 is 1.31 bits per heavy atom. The van der Waals surface area contributed by atoms with Crippen LogP contribution < -0.4 is 4.74 Å². The number of benzene rings is 1. The predicted octanol–water partition coefficient (Wildman–Crippen LogP) is 2.68. The van der Waals surface area contributed by atoms with Crippen molar-refractivity contribution in [1.29, 1.82) is 0 Å². The summed E-state index contributed by atoms with van der Waals surface area (Å²) >= 11 is 0. The molecule has 136 valence electrons. The van der Waals surface area contributed by atoms with Gasteiger partial charge in [0, 0.05) is 23.1 Å². The average molecular weight is 363 g/mol. The van der Waals surface area contributed by atoms with Gasteiger partial charge in [-0.05, 0) is 17.7 Å². The Morgan fingerprint density at radius 3 is 2.62 bits per heavy atom. The van der Waals surface area contributed by atoms with Gasteiger partial charge in [-0.2, -0.15) is 4.57 Å². The highest BCUT2D eigenvalue weighted by molar-refractivity contribution is 5.74. The Morgan fingerprint density at radius 2 is 2.00 bits per heavy atom. The monoisotopic (exact) mass is 363 g/mol. The third-order valence-electron chi connectivity index (χ3n) is 3.14. The van der Waals surface area contributed by atoms with Crippen molar-refractivity contribution in [1.82, 2.24) is 4.57 Å². The quantitative estimate of drug-likeness (QED) is 0.190. The zero-order chi connectivity index (χ0) is 19.1. The van der Waals surface area contributed by atoms with Crippen LogP contribution in [0.25, 0.3) is 10.4 Å². The van der Waals surface area contributed by atoms with Crippen molar-refractivity contribution in [3.05, 3.63) is 56.5 Å². The summed E-state index contributed by atoms with van der Waals surface area (Å²) in [6.07, 6.45) is -1.12. The summed E-state index contributed by atoms with van der Waals surface area (Å²) in [6, 6.07) is 5.99. The number of nitro groups is 1. The number of azide groups is 1. The molecule has 1 aromatic carbocycles. The summed E-state index contributed by atoms with van der Waals surface area (Å²) in [4.78, 5) is 24.9. The first-order chi connectivity index (χ1) is 12.4. The highest BCUT2D eigenvalue weighted by Crippen LogP contribution is 2.26. The minimum Gasteiger partial charge on any atom is -0.494 e. The Kier molecular flexibility index (Phi) is 5.85. The maximum atomic E-state index is 11.9.